The van der Waals surface area contributed by atoms with Gasteiger partial charge in [0.2, 0.25) is 0 Å². The molecule has 0 unspecified atom stereocenters. The van der Waals surface area contributed by atoms with E-state index in [2.05, 4.69) is 5.32 Å². The zero-order chi connectivity index (χ0) is 16.6. The molecule has 1 fully saturated rings. The molecule has 0 spiro atoms. The van der Waals surface area contributed by atoms with E-state index in [-0.39, 0.29) is 11.1 Å². The second-order valence-corrected chi connectivity index (χ2v) is 6.80. The largest absolute Gasteiger partial charge is 0.365 e. The smallest absolute Gasteiger partial charge is 0.295 e. The number of carbonyl (C=O) groups excluding carboxylic acids is 2. The lowest BCUT2D eigenvalue weighted by atomic mass is 10.1. The van der Waals surface area contributed by atoms with E-state index in [1.165, 1.54) is 4.90 Å². The van der Waals surface area contributed by atoms with Gasteiger partial charge in [-0.3, -0.25) is 9.59 Å². The van der Waals surface area contributed by atoms with E-state index in [9.17, 15) is 9.59 Å². The van der Waals surface area contributed by atoms with Gasteiger partial charge >= 0.3 is 0 Å². The maximum atomic E-state index is 12.6. The third-order valence-corrected chi connectivity index (χ3v) is 4.71. The van der Waals surface area contributed by atoms with E-state index in [0.717, 1.165) is 34.1 Å². The van der Waals surface area contributed by atoms with Gasteiger partial charge < -0.3 is 5.32 Å². The van der Waals surface area contributed by atoms with Crippen LogP contribution in [0.3, 0.4) is 0 Å². The Hall–Kier alpha value is -2.27. The van der Waals surface area contributed by atoms with Gasteiger partial charge in [-0.05, 0) is 61.9 Å². The summed E-state index contributed by atoms with van der Waals surface area (Å²) < 4.78 is 0. The topological polar surface area (TPSA) is 49.4 Å². The molecule has 0 saturated carbocycles. The minimum absolute atomic E-state index is 0.231. The zero-order valence-corrected chi connectivity index (χ0v) is 14.1. The summed E-state index contributed by atoms with van der Waals surface area (Å²) in [7, 11) is 0. The number of nitrogens with zero attached hydrogens (tertiary/aromatic N) is 1. The molecule has 1 aliphatic rings. The molecule has 118 valence electrons. The highest BCUT2D eigenvalue weighted by molar-refractivity contribution is 8.16. The summed E-state index contributed by atoms with van der Waals surface area (Å²) in [6.45, 7) is 5.95. The predicted octanol–water partition coefficient (Wildman–Crippen LogP) is 4.25. The molecule has 3 rings (SSSR count). The summed E-state index contributed by atoms with van der Waals surface area (Å²) in [5, 5.41) is 2.34. The van der Waals surface area contributed by atoms with Crippen LogP contribution in [-0.4, -0.2) is 16.5 Å². The van der Waals surface area contributed by atoms with E-state index < -0.39 is 5.37 Å². The van der Waals surface area contributed by atoms with Crippen LogP contribution < -0.4 is 10.2 Å². The molecule has 1 atom stereocenters. The number of carbonyl (C=O) groups is 2. The Balaban J connectivity index is 1.84. The summed E-state index contributed by atoms with van der Waals surface area (Å²) in [5.41, 5.74) is 4.73. The third-order valence-electron chi connectivity index (χ3n) is 3.77. The van der Waals surface area contributed by atoms with Crippen LogP contribution in [0.1, 0.15) is 16.7 Å². The Bertz CT molecular complexity index is 788. The highest BCUT2D eigenvalue weighted by Gasteiger charge is 2.40. The minimum Gasteiger partial charge on any atom is -0.365 e. The van der Waals surface area contributed by atoms with Crippen molar-refractivity contribution in [2.75, 3.05) is 10.2 Å². The van der Waals surface area contributed by atoms with Crippen molar-refractivity contribution in [1.29, 1.82) is 0 Å². The van der Waals surface area contributed by atoms with Gasteiger partial charge in [-0.15, -0.1) is 0 Å². The molecule has 23 heavy (non-hydrogen) atoms. The van der Waals surface area contributed by atoms with Crippen LogP contribution in [0.5, 0.6) is 0 Å². The molecule has 1 saturated heterocycles. The van der Waals surface area contributed by atoms with Gasteiger partial charge in [0.15, 0.2) is 5.37 Å². The molecule has 2 aromatic carbocycles. The summed E-state index contributed by atoms with van der Waals surface area (Å²) >= 11 is 1.02. The van der Waals surface area contributed by atoms with Gasteiger partial charge in [0.05, 0.1) is 5.69 Å². The highest BCUT2D eigenvalue weighted by Crippen LogP contribution is 2.33. The van der Waals surface area contributed by atoms with Crippen LogP contribution in [0, 0.1) is 20.8 Å². The standard InChI is InChI=1S/C18H18N2O2S/c1-11-5-4-6-14(10-11)20-17(21)16(23-18(20)22)19-15-8-7-12(2)9-13(15)3/h4-10,16,19H,1-3H3/t16-/m1/s1. The van der Waals surface area contributed by atoms with Crippen LogP contribution in [0.15, 0.2) is 42.5 Å². The molecule has 0 radical (unpaired) electrons. The van der Waals surface area contributed by atoms with Crippen LogP contribution >= 0.6 is 11.8 Å². The van der Waals surface area contributed by atoms with Gasteiger partial charge in [-0.25, -0.2) is 4.90 Å². The fourth-order valence-electron chi connectivity index (χ4n) is 2.62. The maximum Gasteiger partial charge on any atom is 0.295 e. The number of thioether (sulfide) groups is 1. The molecule has 5 heteroatoms. The van der Waals surface area contributed by atoms with Gasteiger partial charge in [0, 0.05) is 5.69 Å². The van der Waals surface area contributed by atoms with Gasteiger partial charge in [0.1, 0.15) is 0 Å². The van der Waals surface area contributed by atoms with Gasteiger partial charge in [0.25, 0.3) is 11.1 Å². The highest BCUT2D eigenvalue weighted by atomic mass is 32.2. The summed E-state index contributed by atoms with van der Waals surface area (Å²) in [5.74, 6) is -0.231. The van der Waals surface area contributed by atoms with Crippen molar-refractivity contribution < 1.29 is 9.59 Å². The molecular weight excluding hydrogens is 308 g/mol. The summed E-state index contributed by atoms with van der Waals surface area (Å²) in [4.78, 5) is 26.1. The number of hydrogen-bond donors (Lipinski definition) is 1. The molecule has 2 amide bonds. The first-order chi connectivity index (χ1) is 11.0. The van der Waals surface area contributed by atoms with Crippen molar-refractivity contribution in [3.05, 3.63) is 59.2 Å². The molecular formula is C18H18N2O2S. The van der Waals surface area contributed by atoms with Crippen molar-refractivity contribution >= 4 is 34.3 Å². The number of hydrogen-bond acceptors (Lipinski definition) is 4. The molecule has 1 N–H and O–H groups in total. The van der Waals surface area contributed by atoms with Crippen LogP contribution in [0.25, 0.3) is 0 Å². The van der Waals surface area contributed by atoms with E-state index in [4.69, 9.17) is 0 Å². The molecule has 0 bridgehead atoms. The second-order valence-electron chi connectivity index (χ2n) is 5.74. The van der Waals surface area contributed by atoms with Crippen molar-refractivity contribution in [1.82, 2.24) is 0 Å². The van der Waals surface area contributed by atoms with Crippen LogP contribution in [0.4, 0.5) is 16.2 Å². The lowest BCUT2D eigenvalue weighted by molar-refractivity contribution is -0.116. The van der Waals surface area contributed by atoms with Crippen molar-refractivity contribution in [3.8, 4) is 0 Å². The van der Waals surface area contributed by atoms with E-state index in [1.807, 2.05) is 57.2 Å². The quantitative estimate of drug-likeness (QED) is 0.916. The Morgan fingerprint density at radius 1 is 1.00 bits per heavy atom. The number of nitrogens with one attached hydrogen (secondary N) is 1. The third kappa shape index (κ3) is 3.10. The molecule has 2 aromatic rings. The number of imide groups is 1. The van der Waals surface area contributed by atoms with Gasteiger partial charge in [-0.1, -0.05) is 29.8 Å². The Morgan fingerprint density at radius 2 is 1.74 bits per heavy atom. The van der Waals surface area contributed by atoms with E-state index >= 15 is 0 Å². The first-order valence-corrected chi connectivity index (χ1v) is 8.29. The van der Waals surface area contributed by atoms with Gasteiger partial charge in [-0.2, -0.15) is 0 Å². The van der Waals surface area contributed by atoms with Crippen molar-refractivity contribution in [3.63, 3.8) is 0 Å². The number of rotatable bonds is 3. The predicted molar refractivity (Wildman–Crippen MR) is 95.0 cm³/mol. The Labute approximate surface area is 139 Å². The first-order valence-electron chi connectivity index (χ1n) is 7.41. The number of amides is 2. The SMILES string of the molecule is Cc1cccc(N2C(=O)S[C@@H](Nc3ccc(C)cc3C)C2=O)c1. The molecule has 4 nitrogen and oxygen atoms in total. The van der Waals surface area contributed by atoms with Crippen molar-refractivity contribution in [2.45, 2.75) is 26.1 Å². The minimum atomic E-state index is -0.593. The number of benzene rings is 2. The number of aryl methyl sites for hydroxylation is 3. The normalized spacial score (nSPS) is 17.7. The molecule has 0 aliphatic carbocycles. The Kier molecular flexibility index (Phi) is 4.13. The average Bonchev–Trinajstić information content (AvgIpc) is 2.76. The lowest BCUT2D eigenvalue weighted by Gasteiger charge is -2.16. The maximum absolute atomic E-state index is 12.6. The molecule has 0 aromatic heterocycles. The fourth-order valence-corrected chi connectivity index (χ4v) is 3.51. The Morgan fingerprint density at radius 3 is 2.43 bits per heavy atom. The lowest BCUT2D eigenvalue weighted by Crippen LogP contribution is -2.34. The van der Waals surface area contributed by atoms with Crippen LogP contribution in [-0.2, 0) is 4.79 Å². The average molecular weight is 326 g/mol. The monoisotopic (exact) mass is 326 g/mol. The second kappa shape index (κ2) is 6.08. The summed E-state index contributed by atoms with van der Waals surface area (Å²) in [6, 6.07) is 13.4. The van der Waals surface area contributed by atoms with E-state index in [0.29, 0.717) is 5.69 Å². The van der Waals surface area contributed by atoms with E-state index in [1.54, 1.807) is 6.07 Å². The van der Waals surface area contributed by atoms with Crippen LogP contribution in [0.2, 0.25) is 0 Å². The number of anilines is 2. The zero-order valence-electron chi connectivity index (χ0n) is 13.3. The van der Waals surface area contributed by atoms with Crippen molar-refractivity contribution in [2.24, 2.45) is 0 Å². The summed E-state index contributed by atoms with van der Waals surface area (Å²) in [6.07, 6.45) is 0. The fraction of sp³-hybridized carbons (Fsp3) is 0.222. The molecule has 1 aliphatic heterocycles. The first kappa shape index (κ1) is 15.6. The molecule has 1 heterocycles.